The van der Waals surface area contributed by atoms with Crippen LogP contribution in [0.15, 0.2) is 46.6 Å². The van der Waals surface area contributed by atoms with Crippen molar-refractivity contribution in [3.63, 3.8) is 0 Å². The molecule has 0 saturated carbocycles. The van der Waals surface area contributed by atoms with E-state index in [9.17, 15) is 9.59 Å². The monoisotopic (exact) mass is 308 g/mol. The van der Waals surface area contributed by atoms with Gasteiger partial charge in [-0.25, -0.2) is 4.79 Å². The van der Waals surface area contributed by atoms with Crippen molar-refractivity contribution in [2.75, 3.05) is 6.61 Å². The van der Waals surface area contributed by atoms with Crippen molar-refractivity contribution in [1.29, 1.82) is 0 Å². The average Bonchev–Trinajstić information content (AvgIpc) is 2.51. The summed E-state index contributed by atoms with van der Waals surface area (Å²) >= 11 is 6.06. The Morgan fingerprint density at radius 3 is 2.62 bits per heavy atom. The molecule has 1 aromatic carbocycles. The summed E-state index contributed by atoms with van der Waals surface area (Å²) in [5.74, 6) is -0.706. The van der Waals surface area contributed by atoms with E-state index in [1.165, 1.54) is 0 Å². The van der Waals surface area contributed by atoms with Gasteiger partial charge in [0.25, 0.3) is 0 Å². The van der Waals surface area contributed by atoms with Gasteiger partial charge in [-0.1, -0.05) is 41.9 Å². The maximum atomic E-state index is 11.6. The second-order valence-electron chi connectivity index (χ2n) is 4.08. The number of carbonyl (C=O) groups excluding carboxylic acids is 2. The number of halogens is 1. The van der Waals surface area contributed by atoms with Crippen LogP contribution in [-0.2, 0) is 20.9 Å². The Morgan fingerprint density at radius 1 is 1.38 bits per heavy atom. The Bertz CT molecular complexity index is 553. The van der Waals surface area contributed by atoms with Gasteiger partial charge in [-0.15, -0.1) is 0 Å². The lowest BCUT2D eigenvalue weighted by molar-refractivity contribution is -0.138. The van der Waals surface area contributed by atoms with Crippen LogP contribution < -0.4 is 5.73 Å². The number of hydrogen-bond donors (Lipinski definition) is 1. The van der Waals surface area contributed by atoms with E-state index in [4.69, 9.17) is 22.1 Å². The van der Waals surface area contributed by atoms with Crippen LogP contribution in [0, 0.1) is 0 Å². The molecule has 112 valence electrons. The molecule has 6 heteroatoms. The number of allylic oxidation sites excluding steroid dienone is 1. The SMILES string of the molecule is CCOC(=O)C(N)=C(CC=O)C(Cl)=NCc1ccccc1. The van der Waals surface area contributed by atoms with E-state index in [0.717, 1.165) is 5.56 Å². The number of benzene rings is 1. The molecule has 2 N–H and O–H groups in total. The van der Waals surface area contributed by atoms with Crippen LogP contribution >= 0.6 is 11.6 Å². The lowest BCUT2D eigenvalue weighted by Crippen LogP contribution is -2.19. The van der Waals surface area contributed by atoms with E-state index in [1.807, 2.05) is 30.3 Å². The highest BCUT2D eigenvalue weighted by Crippen LogP contribution is 2.13. The highest BCUT2D eigenvalue weighted by Gasteiger charge is 2.16. The zero-order chi connectivity index (χ0) is 15.7. The third-order valence-electron chi connectivity index (χ3n) is 2.60. The summed E-state index contributed by atoms with van der Waals surface area (Å²) < 4.78 is 4.79. The van der Waals surface area contributed by atoms with Crippen LogP contribution in [-0.4, -0.2) is 24.0 Å². The van der Waals surface area contributed by atoms with E-state index < -0.39 is 5.97 Å². The van der Waals surface area contributed by atoms with E-state index in [0.29, 0.717) is 12.8 Å². The molecule has 1 aromatic rings. The van der Waals surface area contributed by atoms with Gasteiger partial charge in [0.2, 0.25) is 0 Å². The fourth-order valence-electron chi connectivity index (χ4n) is 1.56. The van der Waals surface area contributed by atoms with Gasteiger partial charge >= 0.3 is 5.97 Å². The maximum Gasteiger partial charge on any atom is 0.354 e. The molecule has 0 fully saturated rings. The molecule has 0 aliphatic carbocycles. The van der Waals surface area contributed by atoms with Gasteiger partial charge in [0.05, 0.1) is 13.2 Å². The zero-order valence-corrected chi connectivity index (χ0v) is 12.5. The molecule has 1 rings (SSSR count). The molecule has 0 amide bonds. The maximum absolute atomic E-state index is 11.6. The van der Waals surface area contributed by atoms with Crippen LogP contribution in [0.25, 0.3) is 0 Å². The Morgan fingerprint density at radius 2 is 2.05 bits per heavy atom. The first-order valence-electron chi connectivity index (χ1n) is 6.43. The fraction of sp³-hybridized carbons (Fsp3) is 0.267. The average molecular weight is 309 g/mol. The molecule has 0 unspecified atom stereocenters. The lowest BCUT2D eigenvalue weighted by atomic mass is 10.1. The predicted molar refractivity (Wildman–Crippen MR) is 82.0 cm³/mol. The summed E-state index contributed by atoms with van der Waals surface area (Å²) in [4.78, 5) is 26.5. The van der Waals surface area contributed by atoms with Gasteiger partial charge in [-0.05, 0) is 12.5 Å². The quantitative estimate of drug-likeness (QED) is 0.362. The first-order valence-corrected chi connectivity index (χ1v) is 6.81. The lowest BCUT2D eigenvalue weighted by Gasteiger charge is -2.08. The molecule has 5 nitrogen and oxygen atoms in total. The second-order valence-corrected chi connectivity index (χ2v) is 4.43. The van der Waals surface area contributed by atoms with Gasteiger partial charge in [-0.2, -0.15) is 0 Å². The second kappa shape index (κ2) is 8.92. The molecule has 21 heavy (non-hydrogen) atoms. The fourth-order valence-corrected chi connectivity index (χ4v) is 1.80. The first kappa shape index (κ1) is 16.9. The molecule has 0 bridgehead atoms. The molecular weight excluding hydrogens is 292 g/mol. The molecule has 0 radical (unpaired) electrons. The standard InChI is InChI=1S/C15H17ClN2O3/c1-2-21-15(20)13(17)12(8-9-19)14(16)18-10-11-6-4-3-5-7-11/h3-7,9H,2,8,10,17H2,1H3. The highest BCUT2D eigenvalue weighted by molar-refractivity contribution is 6.70. The molecule has 0 saturated heterocycles. The summed E-state index contributed by atoms with van der Waals surface area (Å²) in [5, 5.41) is 0.0384. The molecular formula is C15H17ClN2O3. The van der Waals surface area contributed by atoms with E-state index in [2.05, 4.69) is 4.99 Å². The molecule has 0 atom stereocenters. The number of ether oxygens (including phenoxy) is 1. The molecule has 0 heterocycles. The van der Waals surface area contributed by atoms with E-state index in [1.54, 1.807) is 6.92 Å². The van der Waals surface area contributed by atoms with Crippen LogP contribution in [0.4, 0.5) is 0 Å². The molecule has 0 aliphatic rings. The van der Waals surface area contributed by atoms with Crippen molar-refractivity contribution in [3.8, 4) is 0 Å². The van der Waals surface area contributed by atoms with Gasteiger partial charge in [-0.3, -0.25) is 4.99 Å². The molecule has 0 spiro atoms. The van der Waals surface area contributed by atoms with Crippen LogP contribution in [0.3, 0.4) is 0 Å². The number of carbonyl (C=O) groups is 2. The largest absolute Gasteiger partial charge is 0.461 e. The first-order chi connectivity index (χ1) is 10.1. The Hall–Kier alpha value is -2.14. The van der Waals surface area contributed by atoms with Crippen molar-refractivity contribution in [2.45, 2.75) is 19.9 Å². The topological polar surface area (TPSA) is 81.8 Å². The number of nitrogens with zero attached hydrogens (tertiary/aromatic N) is 1. The minimum atomic E-state index is -0.706. The summed E-state index contributed by atoms with van der Waals surface area (Å²) in [6.07, 6.45) is 0.517. The number of rotatable bonds is 7. The summed E-state index contributed by atoms with van der Waals surface area (Å²) in [7, 11) is 0. The van der Waals surface area contributed by atoms with Gasteiger partial charge in [0.1, 0.15) is 17.2 Å². The number of esters is 1. The van der Waals surface area contributed by atoms with Crippen molar-refractivity contribution in [3.05, 3.63) is 47.2 Å². The van der Waals surface area contributed by atoms with Crippen LogP contribution in [0.5, 0.6) is 0 Å². The number of nitrogens with two attached hydrogens (primary N) is 1. The minimum Gasteiger partial charge on any atom is -0.461 e. The van der Waals surface area contributed by atoms with Crippen molar-refractivity contribution in [1.82, 2.24) is 0 Å². The van der Waals surface area contributed by atoms with Gasteiger partial charge in [0.15, 0.2) is 0 Å². The Labute approximate surface area is 128 Å². The van der Waals surface area contributed by atoms with Crippen molar-refractivity contribution < 1.29 is 14.3 Å². The van der Waals surface area contributed by atoms with Crippen LogP contribution in [0.2, 0.25) is 0 Å². The zero-order valence-electron chi connectivity index (χ0n) is 11.7. The number of hydrogen-bond acceptors (Lipinski definition) is 5. The Kier molecular flexibility index (Phi) is 7.18. The summed E-state index contributed by atoms with van der Waals surface area (Å²) in [5.41, 5.74) is 6.63. The molecule has 0 aliphatic heterocycles. The molecule has 0 aromatic heterocycles. The highest BCUT2D eigenvalue weighted by atomic mass is 35.5. The number of aldehydes is 1. The third-order valence-corrected chi connectivity index (χ3v) is 2.95. The van der Waals surface area contributed by atoms with Crippen LogP contribution in [0.1, 0.15) is 18.9 Å². The summed E-state index contributed by atoms with van der Waals surface area (Å²) in [6, 6.07) is 9.45. The van der Waals surface area contributed by atoms with E-state index in [-0.39, 0.29) is 29.5 Å². The number of aliphatic imine (C=N–C) groups is 1. The Balaban J connectivity index is 2.96. The minimum absolute atomic E-state index is 0.0384. The predicted octanol–water partition coefficient (Wildman–Crippen LogP) is 2.19. The van der Waals surface area contributed by atoms with E-state index >= 15 is 0 Å². The van der Waals surface area contributed by atoms with Crippen molar-refractivity contribution in [2.24, 2.45) is 10.7 Å². The smallest absolute Gasteiger partial charge is 0.354 e. The van der Waals surface area contributed by atoms with Gasteiger partial charge in [0, 0.05) is 12.0 Å². The normalized spacial score (nSPS) is 12.6. The summed E-state index contributed by atoms with van der Waals surface area (Å²) in [6.45, 7) is 2.18. The van der Waals surface area contributed by atoms with Crippen molar-refractivity contribution >= 4 is 29.0 Å². The third kappa shape index (κ3) is 5.39. The van der Waals surface area contributed by atoms with Gasteiger partial charge < -0.3 is 15.3 Å².